The fraction of sp³-hybridized carbons (Fsp3) is 0.250. The Kier molecular flexibility index (Phi) is 6.07. The number of hydrogen-bond acceptors (Lipinski definition) is 3. The number of halogens is 2. The minimum Gasteiger partial charge on any atom is -0.481 e. The van der Waals surface area contributed by atoms with Crippen molar-refractivity contribution in [1.82, 2.24) is 15.6 Å². The summed E-state index contributed by atoms with van der Waals surface area (Å²) in [5, 5.41) is 6.66. The van der Waals surface area contributed by atoms with Gasteiger partial charge in [0, 0.05) is 28.4 Å². The lowest BCUT2D eigenvalue weighted by atomic mass is 10.1. The molecule has 0 saturated heterocycles. The van der Waals surface area contributed by atoms with Crippen LogP contribution in [0.25, 0.3) is 0 Å². The second kappa shape index (κ2) is 8.04. The molecule has 2 rings (SSSR count). The van der Waals surface area contributed by atoms with Gasteiger partial charge in [0.05, 0.1) is 13.2 Å². The number of urea groups is 1. The highest BCUT2D eigenvalue weighted by Crippen LogP contribution is 2.26. The van der Waals surface area contributed by atoms with Gasteiger partial charge in [-0.15, -0.1) is 0 Å². The topological polar surface area (TPSA) is 63.2 Å². The zero-order valence-corrected chi connectivity index (χ0v) is 14.3. The number of hydrogen-bond donors (Lipinski definition) is 2. The van der Waals surface area contributed by atoms with E-state index in [4.69, 9.17) is 27.9 Å². The van der Waals surface area contributed by atoms with Gasteiger partial charge < -0.3 is 15.4 Å². The van der Waals surface area contributed by atoms with Crippen LogP contribution in [0.5, 0.6) is 5.88 Å². The molecule has 2 N–H and O–H groups in total. The van der Waals surface area contributed by atoms with Crippen LogP contribution < -0.4 is 15.4 Å². The van der Waals surface area contributed by atoms with E-state index in [0.717, 1.165) is 11.1 Å². The third-order valence-corrected chi connectivity index (χ3v) is 3.82. The highest BCUT2D eigenvalue weighted by atomic mass is 35.5. The summed E-state index contributed by atoms with van der Waals surface area (Å²) in [5.74, 6) is 0.488. The Labute approximate surface area is 145 Å². The Bertz CT molecular complexity index is 695. The lowest BCUT2D eigenvalue weighted by molar-refractivity contribution is 0.237. The number of amides is 2. The number of nitrogens with zero attached hydrogens (tertiary/aromatic N) is 1. The molecule has 1 heterocycles. The Hall–Kier alpha value is -1.98. The van der Waals surface area contributed by atoms with Gasteiger partial charge in [0.25, 0.3) is 0 Å². The first-order valence-electron chi connectivity index (χ1n) is 6.98. The Morgan fingerprint density at radius 2 is 2.13 bits per heavy atom. The van der Waals surface area contributed by atoms with E-state index in [2.05, 4.69) is 15.6 Å². The van der Waals surface area contributed by atoms with E-state index in [9.17, 15) is 4.79 Å². The fourth-order valence-corrected chi connectivity index (χ4v) is 2.67. The lowest BCUT2D eigenvalue weighted by Gasteiger charge is -2.17. The third kappa shape index (κ3) is 4.74. The van der Waals surface area contributed by atoms with Crippen LogP contribution in [0.3, 0.4) is 0 Å². The number of rotatable bonds is 5. The average molecular weight is 354 g/mol. The molecule has 1 aromatic carbocycles. The van der Waals surface area contributed by atoms with Gasteiger partial charge in [0.15, 0.2) is 0 Å². The molecule has 0 spiro atoms. The first-order valence-corrected chi connectivity index (χ1v) is 7.74. The van der Waals surface area contributed by atoms with Gasteiger partial charge in [-0.1, -0.05) is 35.3 Å². The van der Waals surface area contributed by atoms with E-state index >= 15 is 0 Å². The number of aromatic nitrogens is 1. The highest BCUT2D eigenvalue weighted by molar-refractivity contribution is 6.35. The number of pyridine rings is 1. The van der Waals surface area contributed by atoms with E-state index in [1.165, 1.54) is 7.11 Å². The number of ether oxygens (including phenoxy) is 1. The molecule has 1 atom stereocenters. The second-order valence-electron chi connectivity index (χ2n) is 4.89. The summed E-state index contributed by atoms with van der Waals surface area (Å²) in [6.07, 6.45) is 1.63. The van der Waals surface area contributed by atoms with Crippen LogP contribution in [0, 0.1) is 0 Å². The summed E-state index contributed by atoms with van der Waals surface area (Å²) in [4.78, 5) is 16.1. The van der Waals surface area contributed by atoms with Crippen LogP contribution in [-0.4, -0.2) is 18.1 Å². The van der Waals surface area contributed by atoms with Crippen LogP contribution in [0.2, 0.25) is 10.0 Å². The molecule has 2 amide bonds. The van der Waals surface area contributed by atoms with E-state index in [0.29, 0.717) is 22.5 Å². The second-order valence-corrected chi connectivity index (χ2v) is 5.73. The van der Waals surface area contributed by atoms with Gasteiger partial charge >= 0.3 is 6.03 Å². The molecule has 122 valence electrons. The van der Waals surface area contributed by atoms with Gasteiger partial charge in [-0.2, -0.15) is 0 Å². The Morgan fingerprint density at radius 1 is 1.35 bits per heavy atom. The van der Waals surface area contributed by atoms with Crippen molar-refractivity contribution >= 4 is 29.2 Å². The smallest absolute Gasteiger partial charge is 0.315 e. The number of carbonyl (C=O) groups is 1. The van der Waals surface area contributed by atoms with E-state index in [-0.39, 0.29) is 12.1 Å². The van der Waals surface area contributed by atoms with Crippen molar-refractivity contribution in [1.29, 1.82) is 0 Å². The van der Waals surface area contributed by atoms with Crippen molar-refractivity contribution in [3.63, 3.8) is 0 Å². The summed E-state index contributed by atoms with van der Waals surface area (Å²) in [6.45, 7) is 2.16. The van der Waals surface area contributed by atoms with E-state index in [1.54, 1.807) is 30.5 Å². The van der Waals surface area contributed by atoms with Gasteiger partial charge in [0.1, 0.15) is 0 Å². The molecule has 0 radical (unpaired) electrons. The molecule has 23 heavy (non-hydrogen) atoms. The number of carbonyl (C=O) groups excluding carboxylic acids is 1. The molecule has 0 unspecified atom stereocenters. The third-order valence-electron chi connectivity index (χ3n) is 3.26. The van der Waals surface area contributed by atoms with E-state index in [1.807, 2.05) is 13.0 Å². The standard InChI is InChI=1S/C16H17Cl2N3O2/c1-10(13-6-5-12(17)8-14(13)18)21-16(22)20-9-11-4-3-7-19-15(11)23-2/h3-8,10H,9H2,1-2H3,(H2,20,21,22)/t10-/m0/s1. The monoisotopic (exact) mass is 353 g/mol. The largest absolute Gasteiger partial charge is 0.481 e. The van der Waals surface area contributed by atoms with Gasteiger partial charge in [0.2, 0.25) is 5.88 Å². The van der Waals surface area contributed by atoms with Crippen molar-refractivity contribution in [3.05, 3.63) is 57.7 Å². The number of methoxy groups -OCH3 is 1. The molecule has 1 aromatic heterocycles. The number of benzene rings is 1. The molecule has 0 aliphatic carbocycles. The van der Waals surface area contributed by atoms with Gasteiger partial charge in [-0.25, -0.2) is 9.78 Å². The quantitative estimate of drug-likeness (QED) is 0.854. The molecule has 0 saturated carbocycles. The predicted octanol–water partition coefficient (Wildman–Crippen LogP) is 3.96. The van der Waals surface area contributed by atoms with Gasteiger partial charge in [-0.3, -0.25) is 0 Å². The Balaban J connectivity index is 1.94. The highest BCUT2D eigenvalue weighted by Gasteiger charge is 2.13. The molecule has 5 nitrogen and oxygen atoms in total. The molecule has 2 aromatic rings. The molecule has 0 aliphatic heterocycles. The summed E-state index contributed by atoms with van der Waals surface area (Å²) in [7, 11) is 1.54. The summed E-state index contributed by atoms with van der Waals surface area (Å²) < 4.78 is 5.14. The summed E-state index contributed by atoms with van der Waals surface area (Å²) in [5.41, 5.74) is 1.59. The van der Waals surface area contributed by atoms with Crippen molar-refractivity contribution in [2.45, 2.75) is 19.5 Å². The summed E-state index contributed by atoms with van der Waals surface area (Å²) >= 11 is 12.0. The fourth-order valence-electron chi connectivity index (χ4n) is 2.10. The lowest BCUT2D eigenvalue weighted by Crippen LogP contribution is -2.36. The maximum atomic E-state index is 12.0. The maximum Gasteiger partial charge on any atom is 0.315 e. The average Bonchev–Trinajstić information content (AvgIpc) is 2.53. The maximum absolute atomic E-state index is 12.0. The van der Waals surface area contributed by atoms with Crippen LogP contribution in [0.1, 0.15) is 24.1 Å². The van der Waals surface area contributed by atoms with Crippen LogP contribution in [0.4, 0.5) is 4.79 Å². The summed E-state index contributed by atoms with van der Waals surface area (Å²) in [6, 6.07) is 8.23. The minimum absolute atomic E-state index is 0.254. The van der Waals surface area contributed by atoms with Crippen LogP contribution in [-0.2, 0) is 6.54 Å². The molecule has 0 fully saturated rings. The Morgan fingerprint density at radius 3 is 2.83 bits per heavy atom. The first kappa shape index (κ1) is 17.4. The van der Waals surface area contributed by atoms with Gasteiger partial charge in [-0.05, 0) is 30.7 Å². The van der Waals surface area contributed by atoms with Crippen LogP contribution in [0.15, 0.2) is 36.5 Å². The molecular weight excluding hydrogens is 337 g/mol. The van der Waals surface area contributed by atoms with Crippen molar-refractivity contribution in [2.75, 3.05) is 7.11 Å². The molecule has 0 aliphatic rings. The van der Waals surface area contributed by atoms with Crippen molar-refractivity contribution < 1.29 is 9.53 Å². The molecular formula is C16H17Cl2N3O2. The predicted molar refractivity (Wildman–Crippen MR) is 91.0 cm³/mol. The van der Waals surface area contributed by atoms with Crippen molar-refractivity contribution in [3.8, 4) is 5.88 Å². The zero-order valence-electron chi connectivity index (χ0n) is 12.8. The molecule has 7 heteroatoms. The first-order chi connectivity index (χ1) is 11.0. The van der Waals surface area contributed by atoms with Crippen LogP contribution >= 0.6 is 23.2 Å². The SMILES string of the molecule is COc1ncccc1CNC(=O)N[C@@H](C)c1ccc(Cl)cc1Cl. The molecule has 0 bridgehead atoms. The minimum atomic E-state index is -0.311. The zero-order chi connectivity index (χ0) is 16.8. The normalized spacial score (nSPS) is 11.7. The number of nitrogens with one attached hydrogen (secondary N) is 2. The van der Waals surface area contributed by atoms with Crippen molar-refractivity contribution in [2.24, 2.45) is 0 Å². The van der Waals surface area contributed by atoms with E-state index < -0.39 is 0 Å².